The number of rotatable bonds is 7. The molecule has 4 rings (SSSR count). The summed E-state index contributed by atoms with van der Waals surface area (Å²) >= 11 is 0. The van der Waals surface area contributed by atoms with Crippen LogP contribution in [-0.2, 0) is 22.7 Å². The molecule has 0 saturated carbocycles. The van der Waals surface area contributed by atoms with Crippen molar-refractivity contribution in [3.05, 3.63) is 83.4 Å². The van der Waals surface area contributed by atoms with Crippen LogP contribution in [-0.4, -0.2) is 43.5 Å². The van der Waals surface area contributed by atoms with Gasteiger partial charge in [-0.3, -0.25) is 9.59 Å². The maximum absolute atomic E-state index is 13.0. The van der Waals surface area contributed by atoms with Crippen molar-refractivity contribution in [2.75, 3.05) is 31.7 Å². The molecule has 1 heterocycles. The van der Waals surface area contributed by atoms with Gasteiger partial charge in [0.2, 0.25) is 0 Å². The number of fused-ring (bicyclic) bond motifs is 1. The monoisotopic (exact) mass is 458 g/mol. The molecule has 6 heteroatoms. The second kappa shape index (κ2) is 10.5. The Morgan fingerprint density at radius 3 is 2.50 bits per heavy atom. The first-order chi connectivity index (χ1) is 16.5. The van der Waals surface area contributed by atoms with E-state index in [1.54, 1.807) is 12.0 Å². The summed E-state index contributed by atoms with van der Waals surface area (Å²) in [6.45, 7) is 6.11. The number of hydrogen-bond acceptors (Lipinski definition) is 4. The van der Waals surface area contributed by atoms with Crippen molar-refractivity contribution in [1.82, 2.24) is 4.90 Å². The zero-order valence-electron chi connectivity index (χ0n) is 19.9. The van der Waals surface area contributed by atoms with Crippen molar-refractivity contribution < 1.29 is 19.1 Å². The standard InChI is InChI=1S/C28H30N2O4/c1-4-29(5-2)28(32)23-10-7-9-21(15-23)22-12-13-24-18-34-19-27(31)30(26(24)16-22)17-20-8-6-11-25(14-20)33-3/h6-16H,4-5,17-19H2,1-3H3. The number of carbonyl (C=O) groups is 2. The van der Waals surface area contributed by atoms with Gasteiger partial charge in [-0.15, -0.1) is 0 Å². The van der Waals surface area contributed by atoms with E-state index in [4.69, 9.17) is 9.47 Å². The Kier molecular flexibility index (Phi) is 7.28. The van der Waals surface area contributed by atoms with Crippen molar-refractivity contribution in [1.29, 1.82) is 0 Å². The number of hydrogen-bond donors (Lipinski definition) is 0. The van der Waals surface area contributed by atoms with Crippen molar-refractivity contribution in [3.63, 3.8) is 0 Å². The third-order valence-electron chi connectivity index (χ3n) is 6.13. The van der Waals surface area contributed by atoms with Gasteiger partial charge < -0.3 is 19.3 Å². The second-order valence-electron chi connectivity index (χ2n) is 8.23. The van der Waals surface area contributed by atoms with Crippen LogP contribution in [0.3, 0.4) is 0 Å². The van der Waals surface area contributed by atoms with Crippen LogP contribution in [0.25, 0.3) is 11.1 Å². The largest absolute Gasteiger partial charge is 0.497 e. The molecule has 0 atom stereocenters. The average Bonchev–Trinajstić information content (AvgIpc) is 3.03. The third-order valence-corrected chi connectivity index (χ3v) is 6.13. The Labute approximate surface area is 200 Å². The normalized spacial score (nSPS) is 13.3. The summed E-state index contributed by atoms with van der Waals surface area (Å²) in [5.41, 5.74) is 5.27. The summed E-state index contributed by atoms with van der Waals surface area (Å²) in [5, 5.41) is 0. The molecule has 0 bridgehead atoms. The molecule has 0 fully saturated rings. The van der Waals surface area contributed by atoms with E-state index >= 15 is 0 Å². The highest BCUT2D eigenvalue weighted by molar-refractivity contribution is 5.97. The van der Waals surface area contributed by atoms with Gasteiger partial charge in [-0.2, -0.15) is 0 Å². The quantitative estimate of drug-likeness (QED) is 0.505. The topological polar surface area (TPSA) is 59.1 Å². The molecule has 0 aromatic heterocycles. The predicted molar refractivity (Wildman–Crippen MR) is 133 cm³/mol. The van der Waals surface area contributed by atoms with E-state index in [1.165, 1.54) is 0 Å². The second-order valence-corrected chi connectivity index (χ2v) is 8.23. The molecule has 1 aliphatic rings. The highest BCUT2D eigenvalue weighted by Crippen LogP contribution is 2.32. The molecule has 2 amide bonds. The Balaban J connectivity index is 1.71. The molecule has 0 unspecified atom stereocenters. The lowest BCUT2D eigenvalue weighted by Crippen LogP contribution is -2.32. The van der Waals surface area contributed by atoms with Crippen molar-refractivity contribution in [2.24, 2.45) is 0 Å². The average molecular weight is 459 g/mol. The number of anilines is 1. The minimum atomic E-state index is -0.0934. The minimum Gasteiger partial charge on any atom is -0.497 e. The van der Waals surface area contributed by atoms with Gasteiger partial charge in [0.05, 0.1) is 25.9 Å². The Morgan fingerprint density at radius 2 is 1.74 bits per heavy atom. The van der Waals surface area contributed by atoms with Crippen LogP contribution in [0, 0.1) is 0 Å². The highest BCUT2D eigenvalue weighted by atomic mass is 16.5. The van der Waals surface area contributed by atoms with Crippen LogP contribution in [0.2, 0.25) is 0 Å². The first-order valence-corrected chi connectivity index (χ1v) is 11.6. The van der Waals surface area contributed by atoms with Gasteiger partial charge in [0, 0.05) is 24.2 Å². The molecule has 3 aromatic carbocycles. The SMILES string of the molecule is CCN(CC)C(=O)c1cccc(-c2ccc3c(c2)N(Cc2cccc(OC)c2)C(=O)COC3)c1. The molecule has 0 saturated heterocycles. The van der Waals surface area contributed by atoms with Crippen LogP contribution in [0.5, 0.6) is 5.75 Å². The van der Waals surface area contributed by atoms with E-state index in [2.05, 4.69) is 0 Å². The first-order valence-electron chi connectivity index (χ1n) is 11.6. The smallest absolute Gasteiger partial charge is 0.253 e. The van der Waals surface area contributed by atoms with Crippen LogP contribution >= 0.6 is 0 Å². The van der Waals surface area contributed by atoms with Crippen LogP contribution in [0.15, 0.2) is 66.7 Å². The molecular weight excluding hydrogens is 428 g/mol. The van der Waals surface area contributed by atoms with E-state index < -0.39 is 0 Å². The summed E-state index contributed by atoms with van der Waals surface area (Å²) in [7, 11) is 1.63. The number of benzene rings is 3. The Morgan fingerprint density at radius 1 is 0.971 bits per heavy atom. The zero-order valence-corrected chi connectivity index (χ0v) is 19.9. The van der Waals surface area contributed by atoms with Gasteiger partial charge >= 0.3 is 0 Å². The maximum atomic E-state index is 13.0. The summed E-state index contributed by atoms with van der Waals surface area (Å²) in [4.78, 5) is 29.4. The van der Waals surface area contributed by atoms with Crippen molar-refractivity contribution in [2.45, 2.75) is 27.0 Å². The van der Waals surface area contributed by atoms with E-state index in [-0.39, 0.29) is 18.4 Å². The van der Waals surface area contributed by atoms with Gasteiger partial charge in [0.1, 0.15) is 12.4 Å². The number of methoxy groups -OCH3 is 1. The molecule has 0 radical (unpaired) electrons. The molecule has 1 aliphatic heterocycles. The summed E-state index contributed by atoms with van der Waals surface area (Å²) in [6, 6.07) is 21.4. The van der Waals surface area contributed by atoms with Gasteiger partial charge in [-0.25, -0.2) is 0 Å². The predicted octanol–water partition coefficient (Wildman–Crippen LogP) is 4.91. The fourth-order valence-corrected chi connectivity index (χ4v) is 4.23. The molecule has 176 valence electrons. The van der Waals surface area contributed by atoms with E-state index in [9.17, 15) is 9.59 Å². The zero-order chi connectivity index (χ0) is 24.1. The highest BCUT2D eigenvalue weighted by Gasteiger charge is 2.24. The van der Waals surface area contributed by atoms with E-state index in [0.717, 1.165) is 33.7 Å². The summed E-state index contributed by atoms with van der Waals surface area (Å²) in [6.07, 6.45) is 0. The van der Waals surface area contributed by atoms with Gasteiger partial charge in [0.15, 0.2) is 0 Å². The summed E-state index contributed by atoms with van der Waals surface area (Å²) in [5.74, 6) is 0.675. The Bertz CT molecular complexity index is 1190. The van der Waals surface area contributed by atoms with Gasteiger partial charge in [-0.1, -0.05) is 36.4 Å². The first kappa shape index (κ1) is 23.5. The molecular formula is C28H30N2O4. The lowest BCUT2D eigenvalue weighted by molar-refractivity contribution is -0.123. The molecule has 3 aromatic rings. The fraction of sp³-hybridized carbons (Fsp3) is 0.286. The van der Waals surface area contributed by atoms with Crippen molar-refractivity contribution in [3.8, 4) is 16.9 Å². The molecule has 0 spiro atoms. The number of carbonyl (C=O) groups excluding carboxylic acids is 2. The van der Waals surface area contributed by atoms with Crippen LogP contribution in [0.4, 0.5) is 5.69 Å². The lowest BCUT2D eigenvalue weighted by atomic mass is 9.99. The lowest BCUT2D eigenvalue weighted by Gasteiger charge is -2.24. The molecule has 34 heavy (non-hydrogen) atoms. The van der Waals surface area contributed by atoms with Crippen LogP contribution in [0.1, 0.15) is 35.3 Å². The van der Waals surface area contributed by atoms with Crippen LogP contribution < -0.4 is 9.64 Å². The maximum Gasteiger partial charge on any atom is 0.253 e. The number of nitrogens with zero attached hydrogens (tertiary/aromatic N) is 2. The minimum absolute atomic E-state index is 0.0184. The van der Waals surface area contributed by atoms with E-state index in [0.29, 0.717) is 31.8 Å². The van der Waals surface area contributed by atoms with Crippen molar-refractivity contribution >= 4 is 17.5 Å². The number of ether oxygens (including phenoxy) is 2. The van der Waals surface area contributed by atoms with Gasteiger partial charge in [0.25, 0.3) is 11.8 Å². The molecule has 6 nitrogen and oxygen atoms in total. The summed E-state index contributed by atoms with van der Waals surface area (Å²) < 4.78 is 11.0. The fourth-order valence-electron chi connectivity index (χ4n) is 4.23. The Hall–Kier alpha value is -3.64. The third kappa shape index (κ3) is 4.97. The van der Waals surface area contributed by atoms with E-state index in [1.807, 2.05) is 85.5 Å². The molecule has 0 aliphatic carbocycles. The van der Waals surface area contributed by atoms with Gasteiger partial charge in [-0.05, 0) is 60.9 Å². The number of amides is 2. The molecule has 0 N–H and O–H groups in total.